The van der Waals surface area contributed by atoms with E-state index in [1.54, 1.807) is 31.2 Å². The maximum absolute atomic E-state index is 13.0. The lowest BCUT2D eigenvalue weighted by Crippen LogP contribution is -2.48. The summed E-state index contributed by atoms with van der Waals surface area (Å²) >= 11 is 0. The van der Waals surface area contributed by atoms with Gasteiger partial charge in [-0.1, -0.05) is 12.0 Å². The highest BCUT2D eigenvalue weighted by Crippen LogP contribution is 2.24. The highest BCUT2D eigenvalue weighted by Gasteiger charge is 2.36. The van der Waals surface area contributed by atoms with Crippen molar-refractivity contribution in [3.05, 3.63) is 69.3 Å². The van der Waals surface area contributed by atoms with Gasteiger partial charge in [-0.05, 0) is 50.1 Å². The van der Waals surface area contributed by atoms with E-state index in [2.05, 4.69) is 11.2 Å². The van der Waals surface area contributed by atoms with Gasteiger partial charge in [0.05, 0.1) is 11.5 Å². The van der Waals surface area contributed by atoms with Gasteiger partial charge in [-0.25, -0.2) is 0 Å². The maximum atomic E-state index is 13.0. The van der Waals surface area contributed by atoms with Crippen molar-refractivity contribution in [2.45, 2.75) is 25.8 Å². The molecule has 1 aliphatic rings. The van der Waals surface area contributed by atoms with E-state index in [4.69, 9.17) is 6.42 Å². The highest BCUT2D eigenvalue weighted by atomic mass is 16.6. The first kappa shape index (κ1) is 23.5. The number of benzene rings is 2. The second kappa shape index (κ2) is 9.96. The van der Waals surface area contributed by atoms with E-state index in [0.717, 1.165) is 0 Å². The lowest BCUT2D eigenvalue weighted by Gasteiger charge is -2.28. The average molecular weight is 448 g/mol. The van der Waals surface area contributed by atoms with Gasteiger partial charge in [-0.15, -0.1) is 6.42 Å². The standard InChI is InChI=1S/C24H24N4O5/c1-4-17-7-5-8-19(14-17)25-22(29)15-26(3)24(31)21-9-6-12-27(21)23(30)18-10-11-20(28(32)33)16(2)13-18/h1,5,7-8,10-11,13-14,21H,6,9,12,15H2,2-3H3,(H,25,29). The van der Waals surface area contributed by atoms with E-state index in [1.165, 1.54) is 35.0 Å². The summed E-state index contributed by atoms with van der Waals surface area (Å²) in [6, 6.07) is 10.3. The molecule has 1 N–H and O–H groups in total. The predicted molar refractivity (Wildman–Crippen MR) is 123 cm³/mol. The van der Waals surface area contributed by atoms with Crippen LogP contribution in [-0.2, 0) is 9.59 Å². The molecule has 3 amide bonds. The first-order chi connectivity index (χ1) is 15.7. The second-order valence-corrected chi connectivity index (χ2v) is 7.88. The minimum atomic E-state index is -0.699. The molecule has 0 bridgehead atoms. The van der Waals surface area contributed by atoms with Crippen LogP contribution in [0.3, 0.4) is 0 Å². The number of nitrogens with zero attached hydrogens (tertiary/aromatic N) is 3. The van der Waals surface area contributed by atoms with E-state index in [1.807, 2.05) is 0 Å². The molecule has 0 radical (unpaired) electrons. The van der Waals surface area contributed by atoms with Crippen LogP contribution in [0.2, 0.25) is 0 Å². The number of terminal acetylenes is 1. The van der Waals surface area contributed by atoms with Crippen molar-refractivity contribution in [3.63, 3.8) is 0 Å². The number of hydrogen-bond acceptors (Lipinski definition) is 5. The summed E-state index contributed by atoms with van der Waals surface area (Å²) in [6.07, 6.45) is 6.50. The molecule has 33 heavy (non-hydrogen) atoms. The predicted octanol–water partition coefficient (Wildman–Crippen LogP) is 2.59. The minimum absolute atomic E-state index is 0.0703. The number of nitro groups is 1. The van der Waals surface area contributed by atoms with Crippen LogP contribution in [0.1, 0.15) is 34.3 Å². The summed E-state index contributed by atoms with van der Waals surface area (Å²) in [4.78, 5) is 51.7. The third-order valence-corrected chi connectivity index (χ3v) is 5.51. The largest absolute Gasteiger partial charge is 0.335 e. The summed E-state index contributed by atoms with van der Waals surface area (Å²) < 4.78 is 0. The molecule has 9 nitrogen and oxygen atoms in total. The number of carbonyl (C=O) groups is 3. The quantitative estimate of drug-likeness (QED) is 0.415. The van der Waals surface area contributed by atoms with Crippen LogP contribution in [0.15, 0.2) is 42.5 Å². The zero-order chi connectivity index (χ0) is 24.1. The van der Waals surface area contributed by atoms with Crippen molar-refractivity contribution in [2.24, 2.45) is 0 Å². The van der Waals surface area contributed by atoms with E-state index in [9.17, 15) is 24.5 Å². The molecule has 1 aliphatic heterocycles. The average Bonchev–Trinajstić information content (AvgIpc) is 3.27. The van der Waals surface area contributed by atoms with Gasteiger partial charge in [-0.3, -0.25) is 24.5 Å². The second-order valence-electron chi connectivity index (χ2n) is 7.88. The number of nitro benzene ring substituents is 1. The Morgan fingerprint density at radius 1 is 1.27 bits per heavy atom. The third kappa shape index (κ3) is 5.36. The summed E-state index contributed by atoms with van der Waals surface area (Å²) in [5.41, 5.74) is 1.74. The normalized spacial score (nSPS) is 14.9. The Hall–Kier alpha value is -4.19. The van der Waals surface area contributed by atoms with Crippen LogP contribution in [0.5, 0.6) is 0 Å². The van der Waals surface area contributed by atoms with Crippen LogP contribution in [0, 0.1) is 29.4 Å². The Morgan fingerprint density at radius 3 is 2.70 bits per heavy atom. The molecule has 1 atom stereocenters. The first-order valence-electron chi connectivity index (χ1n) is 10.4. The molecule has 0 spiro atoms. The molecule has 2 aromatic rings. The van der Waals surface area contributed by atoms with Gasteiger partial charge in [0.2, 0.25) is 11.8 Å². The summed E-state index contributed by atoms with van der Waals surface area (Å²) in [5.74, 6) is 1.40. The number of nitrogens with one attached hydrogen (secondary N) is 1. The Kier molecular flexibility index (Phi) is 7.08. The molecule has 1 fully saturated rings. The van der Waals surface area contributed by atoms with Crippen LogP contribution in [-0.4, -0.2) is 58.6 Å². The Labute approximate surface area is 191 Å². The summed E-state index contributed by atoms with van der Waals surface area (Å²) in [6.45, 7) is 1.77. The monoisotopic (exact) mass is 448 g/mol. The topological polar surface area (TPSA) is 113 Å². The number of likely N-dealkylation sites (N-methyl/N-ethyl adjacent to an activating group) is 1. The van der Waals surface area contributed by atoms with Crippen LogP contribution < -0.4 is 5.32 Å². The van der Waals surface area contributed by atoms with Gasteiger partial charge in [-0.2, -0.15) is 0 Å². The molecule has 3 rings (SSSR count). The number of likely N-dealkylation sites (tertiary alicyclic amines) is 1. The van der Waals surface area contributed by atoms with E-state index < -0.39 is 11.0 Å². The summed E-state index contributed by atoms with van der Waals surface area (Å²) in [5, 5.41) is 13.7. The van der Waals surface area contributed by atoms with Crippen LogP contribution in [0.4, 0.5) is 11.4 Å². The fourth-order valence-electron chi connectivity index (χ4n) is 3.86. The van der Waals surface area contributed by atoms with E-state index in [-0.39, 0.29) is 35.5 Å². The molecule has 2 aromatic carbocycles. The SMILES string of the molecule is C#Cc1cccc(NC(=O)CN(C)C(=O)C2CCCN2C(=O)c2ccc([N+](=O)[O-])c(C)c2)c1. The molecule has 9 heteroatoms. The number of aryl methyl sites for hydroxylation is 1. The molecule has 0 aliphatic carbocycles. The molecule has 1 saturated heterocycles. The fraction of sp³-hybridized carbons (Fsp3) is 0.292. The molecule has 0 saturated carbocycles. The number of rotatable bonds is 6. The maximum Gasteiger partial charge on any atom is 0.272 e. The smallest absolute Gasteiger partial charge is 0.272 e. The lowest BCUT2D eigenvalue weighted by molar-refractivity contribution is -0.385. The van der Waals surface area contributed by atoms with Gasteiger partial charge in [0.25, 0.3) is 11.6 Å². The van der Waals surface area contributed by atoms with Gasteiger partial charge >= 0.3 is 0 Å². The molecule has 1 heterocycles. The number of anilines is 1. The van der Waals surface area contributed by atoms with Crippen molar-refractivity contribution < 1.29 is 19.3 Å². The van der Waals surface area contributed by atoms with Crippen molar-refractivity contribution in [1.82, 2.24) is 9.80 Å². The van der Waals surface area contributed by atoms with E-state index >= 15 is 0 Å². The Bertz CT molecular complexity index is 1150. The number of hydrogen-bond donors (Lipinski definition) is 1. The lowest BCUT2D eigenvalue weighted by atomic mass is 10.1. The molecular weight excluding hydrogens is 424 g/mol. The Balaban J connectivity index is 1.66. The van der Waals surface area contributed by atoms with Crippen LogP contribution >= 0.6 is 0 Å². The van der Waals surface area contributed by atoms with Gasteiger partial charge in [0, 0.05) is 42.0 Å². The fourth-order valence-corrected chi connectivity index (χ4v) is 3.86. The molecular formula is C24H24N4O5. The Morgan fingerprint density at radius 2 is 2.03 bits per heavy atom. The van der Waals surface area contributed by atoms with Gasteiger partial charge < -0.3 is 15.1 Å². The van der Waals surface area contributed by atoms with Crippen LogP contribution in [0.25, 0.3) is 0 Å². The first-order valence-corrected chi connectivity index (χ1v) is 10.4. The number of carbonyl (C=O) groups excluding carboxylic acids is 3. The zero-order valence-corrected chi connectivity index (χ0v) is 18.4. The minimum Gasteiger partial charge on any atom is -0.335 e. The van der Waals surface area contributed by atoms with Crippen molar-refractivity contribution >= 4 is 29.1 Å². The zero-order valence-electron chi connectivity index (χ0n) is 18.4. The highest BCUT2D eigenvalue weighted by molar-refractivity contribution is 5.99. The molecule has 1 unspecified atom stereocenters. The number of amides is 3. The van der Waals surface area contributed by atoms with Gasteiger partial charge in [0.15, 0.2) is 0 Å². The summed E-state index contributed by atoms with van der Waals surface area (Å²) in [7, 11) is 1.51. The van der Waals surface area contributed by atoms with Crippen molar-refractivity contribution in [1.29, 1.82) is 0 Å². The molecule has 0 aromatic heterocycles. The molecule has 170 valence electrons. The van der Waals surface area contributed by atoms with Gasteiger partial charge in [0.1, 0.15) is 6.04 Å². The van der Waals surface area contributed by atoms with E-state index in [0.29, 0.717) is 36.2 Å². The third-order valence-electron chi connectivity index (χ3n) is 5.51. The van der Waals surface area contributed by atoms with Crippen molar-refractivity contribution in [3.8, 4) is 12.3 Å². The van der Waals surface area contributed by atoms with Crippen molar-refractivity contribution in [2.75, 3.05) is 25.5 Å².